The van der Waals surface area contributed by atoms with Gasteiger partial charge in [-0.15, -0.1) is 0 Å². The van der Waals surface area contributed by atoms with Crippen LogP contribution in [0.25, 0.3) is 0 Å². The first kappa shape index (κ1) is 14.2. The maximum Gasteiger partial charge on any atom is 0.282 e. The standard InChI is InChI=1S/C15H27N3O/c1-11(2)10-17-15(16)19-14-6-8-18(9-7-14)12(3)13-4-5-13/h11,13-14H,3-10H2,1-2H3,(H2,16,17). The van der Waals surface area contributed by atoms with Crippen LogP contribution in [0.5, 0.6) is 0 Å². The lowest BCUT2D eigenvalue weighted by atomic mass is 10.1. The second-order valence-electron chi connectivity index (χ2n) is 6.14. The molecule has 1 aliphatic heterocycles. The maximum atomic E-state index is 5.80. The summed E-state index contributed by atoms with van der Waals surface area (Å²) < 4.78 is 5.72. The van der Waals surface area contributed by atoms with E-state index in [1.165, 1.54) is 18.5 Å². The van der Waals surface area contributed by atoms with Crippen molar-refractivity contribution in [3.63, 3.8) is 0 Å². The summed E-state index contributed by atoms with van der Waals surface area (Å²) in [6, 6.07) is 0.355. The van der Waals surface area contributed by atoms with Gasteiger partial charge in [-0.3, -0.25) is 0 Å². The Balaban J connectivity index is 1.70. The average molecular weight is 265 g/mol. The Morgan fingerprint density at radius 2 is 1.95 bits per heavy atom. The number of ether oxygens (including phenoxy) is 1. The lowest BCUT2D eigenvalue weighted by Crippen LogP contribution is -2.38. The summed E-state index contributed by atoms with van der Waals surface area (Å²) >= 11 is 0. The number of likely N-dealkylation sites (tertiary alicyclic amines) is 1. The molecular weight excluding hydrogens is 238 g/mol. The second-order valence-corrected chi connectivity index (χ2v) is 6.14. The van der Waals surface area contributed by atoms with Gasteiger partial charge in [0.05, 0.1) is 0 Å². The Morgan fingerprint density at radius 3 is 2.47 bits per heavy atom. The van der Waals surface area contributed by atoms with Crippen LogP contribution in [0.15, 0.2) is 17.3 Å². The number of hydrogen-bond acceptors (Lipinski definition) is 3. The van der Waals surface area contributed by atoms with Gasteiger partial charge in [-0.05, 0) is 24.7 Å². The molecule has 0 aromatic heterocycles. The van der Waals surface area contributed by atoms with E-state index in [9.17, 15) is 0 Å². The molecule has 1 heterocycles. The summed E-state index contributed by atoms with van der Waals surface area (Å²) in [5, 5.41) is 0. The minimum absolute atomic E-state index is 0.221. The van der Waals surface area contributed by atoms with E-state index in [0.29, 0.717) is 11.9 Å². The monoisotopic (exact) mass is 265 g/mol. The van der Waals surface area contributed by atoms with Crippen molar-refractivity contribution in [2.75, 3.05) is 19.6 Å². The van der Waals surface area contributed by atoms with E-state index in [1.54, 1.807) is 0 Å². The molecule has 2 N–H and O–H groups in total. The largest absolute Gasteiger partial charge is 0.462 e. The van der Waals surface area contributed by atoms with Crippen LogP contribution in [0.2, 0.25) is 0 Å². The highest BCUT2D eigenvalue weighted by molar-refractivity contribution is 5.71. The van der Waals surface area contributed by atoms with Gasteiger partial charge in [-0.1, -0.05) is 20.4 Å². The van der Waals surface area contributed by atoms with Crippen molar-refractivity contribution in [3.8, 4) is 0 Å². The van der Waals surface area contributed by atoms with Crippen molar-refractivity contribution in [2.45, 2.75) is 45.6 Å². The first-order chi connectivity index (χ1) is 9.06. The zero-order valence-electron chi connectivity index (χ0n) is 12.3. The zero-order valence-corrected chi connectivity index (χ0v) is 12.3. The molecule has 0 aromatic rings. The highest BCUT2D eigenvalue weighted by atomic mass is 16.5. The molecular formula is C15H27N3O. The van der Waals surface area contributed by atoms with Crippen molar-refractivity contribution < 1.29 is 4.74 Å². The number of nitrogens with two attached hydrogens (primary N) is 1. The van der Waals surface area contributed by atoms with Crippen LogP contribution in [0.4, 0.5) is 0 Å². The Labute approximate surface area is 116 Å². The molecule has 0 aromatic carbocycles. The lowest BCUT2D eigenvalue weighted by molar-refractivity contribution is 0.103. The quantitative estimate of drug-likeness (QED) is 0.613. The smallest absolute Gasteiger partial charge is 0.282 e. The summed E-state index contributed by atoms with van der Waals surface area (Å²) in [7, 11) is 0. The van der Waals surface area contributed by atoms with Gasteiger partial charge in [0, 0.05) is 38.2 Å². The van der Waals surface area contributed by atoms with Crippen LogP contribution in [-0.2, 0) is 4.74 Å². The Kier molecular flexibility index (Phi) is 4.72. The van der Waals surface area contributed by atoms with Gasteiger partial charge in [0.25, 0.3) is 6.02 Å². The molecule has 1 saturated carbocycles. The molecule has 0 amide bonds. The topological polar surface area (TPSA) is 50.9 Å². The minimum Gasteiger partial charge on any atom is -0.462 e. The molecule has 0 radical (unpaired) electrons. The molecule has 0 atom stereocenters. The minimum atomic E-state index is 0.221. The molecule has 2 fully saturated rings. The van der Waals surface area contributed by atoms with E-state index in [1.807, 2.05) is 0 Å². The van der Waals surface area contributed by atoms with E-state index in [0.717, 1.165) is 38.4 Å². The first-order valence-electron chi connectivity index (χ1n) is 7.46. The van der Waals surface area contributed by atoms with Crippen molar-refractivity contribution in [3.05, 3.63) is 12.3 Å². The van der Waals surface area contributed by atoms with Crippen LogP contribution >= 0.6 is 0 Å². The molecule has 19 heavy (non-hydrogen) atoms. The van der Waals surface area contributed by atoms with E-state index < -0.39 is 0 Å². The molecule has 0 unspecified atom stereocenters. The van der Waals surface area contributed by atoms with E-state index in [-0.39, 0.29) is 6.10 Å². The van der Waals surface area contributed by atoms with E-state index in [4.69, 9.17) is 10.5 Å². The van der Waals surface area contributed by atoms with Gasteiger partial charge in [0.1, 0.15) is 6.10 Å². The van der Waals surface area contributed by atoms with Crippen molar-refractivity contribution in [1.82, 2.24) is 4.90 Å². The predicted octanol–water partition coefficient (Wildman–Crippen LogP) is 2.36. The average Bonchev–Trinajstić information content (AvgIpc) is 3.21. The van der Waals surface area contributed by atoms with Gasteiger partial charge >= 0.3 is 0 Å². The van der Waals surface area contributed by atoms with Gasteiger partial charge in [0.15, 0.2) is 0 Å². The molecule has 0 bridgehead atoms. The van der Waals surface area contributed by atoms with Gasteiger partial charge in [0.2, 0.25) is 0 Å². The lowest BCUT2D eigenvalue weighted by Gasteiger charge is -2.34. The number of allylic oxidation sites excluding steroid dienone is 1. The normalized spacial score (nSPS) is 21.8. The van der Waals surface area contributed by atoms with Crippen molar-refractivity contribution in [2.24, 2.45) is 22.6 Å². The second kappa shape index (κ2) is 6.31. The molecule has 2 aliphatic rings. The Morgan fingerprint density at radius 1 is 1.32 bits per heavy atom. The number of piperidine rings is 1. The number of amidine groups is 1. The van der Waals surface area contributed by atoms with Crippen molar-refractivity contribution >= 4 is 6.02 Å². The van der Waals surface area contributed by atoms with Gasteiger partial charge < -0.3 is 15.4 Å². The third-order valence-corrected chi connectivity index (χ3v) is 3.80. The Hall–Kier alpha value is -1.19. The van der Waals surface area contributed by atoms with Crippen LogP contribution in [0.1, 0.15) is 39.5 Å². The zero-order chi connectivity index (χ0) is 13.8. The molecule has 1 saturated heterocycles. The number of rotatable bonds is 5. The molecule has 1 aliphatic carbocycles. The van der Waals surface area contributed by atoms with E-state index >= 15 is 0 Å². The van der Waals surface area contributed by atoms with Gasteiger partial charge in [-0.25, -0.2) is 4.99 Å². The fourth-order valence-corrected chi connectivity index (χ4v) is 2.42. The van der Waals surface area contributed by atoms with Crippen molar-refractivity contribution in [1.29, 1.82) is 0 Å². The van der Waals surface area contributed by atoms with E-state index in [2.05, 4.69) is 30.3 Å². The highest BCUT2D eigenvalue weighted by Gasteiger charge is 2.30. The third-order valence-electron chi connectivity index (χ3n) is 3.80. The number of nitrogens with zero attached hydrogens (tertiary/aromatic N) is 2. The maximum absolute atomic E-state index is 5.80. The summed E-state index contributed by atoms with van der Waals surface area (Å²) in [5.41, 5.74) is 7.14. The SMILES string of the molecule is C=C(C1CC1)N1CCC(OC(N)=NCC(C)C)CC1. The molecule has 0 spiro atoms. The van der Waals surface area contributed by atoms with Crippen LogP contribution in [0, 0.1) is 11.8 Å². The van der Waals surface area contributed by atoms with Crippen LogP contribution < -0.4 is 5.73 Å². The fourth-order valence-electron chi connectivity index (χ4n) is 2.42. The summed E-state index contributed by atoms with van der Waals surface area (Å²) in [4.78, 5) is 6.67. The molecule has 4 heteroatoms. The summed E-state index contributed by atoms with van der Waals surface area (Å²) in [5.74, 6) is 1.28. The van der Waals surface area contributed by atoms with Crippen LogP contribution in [0.3, 0.4) is 0 Å². The third kappa shape index (κ3) is 4.44. The van der Waals surface area contributed by atoms with Crippen LogP contribution in [-0.4, -0.2) is 36.7 Å². The summed E-state index contributed by atoms with van der Waals surface area (Å²) in [6.45, 7) is 11.3. The Bertz CT molecular complexity index is 339. The number of hydrogen-bond donors (Lipinski definition) is 1. The number of aliphatic imine (C=N–C) groups is 1. The first-order valence-corrected chi connectivity index (χ1v) is 7.46. The molecule has 2 rings (SSSR count). The fraction of sp³-hybridized carbons (Fsp3) is 0.800. The predicted molar refractivity (Wildman–Crippen MR) is 78.9 cm³/mol. The highest BCUT2D eigenvalue weighted by Crippen LogP contribution is 2.38. The molecule has 4 nitrogen and oxygen atoms in total. The molecule has 108 valence electrons. The van der Waals surface area contributed by atoms with Gasteiger partial charge in [-0.2, -0.15) is 0 Å². The summed E-state index contributed by atoms with van der Waals surface area (Å²) in [6.07, 6.45) is 4.90.